The number of hydrogen-bond donors (Lipinski definition) is 2. The van der Waals surface area contributed by atoms with Crippen LogP contribution in [0.1, 0.15) is 54.6 Å². The number of aromatic amines is 1. The highest BCUT2D eigenvalue weighted by Crippen LogP contribution is 2.37. The van der Waals surface area contributed by atoms with Crippen LogP contribution in [-0.4, -0.2) is 10.9 Å². The number of halogens is 1. The summed E-state index contributed by atoms with van der Waals surface area (Å²) < 4.78 is 0.982. The lowest BCUT2D eigenvalue weighted by Crippen LogP contribution is -2.07. The monoisotopic (exact) mass is 370 g/mol. The topological polar surface area (TPSA) is 44.9 Å². The summed E-state index contributed by atoms with van der Waals surface area (Å²) in [5, 5.41) is 2.93. The summed E-state index contributed by atoms with van der Waals surface area (Å²) in [5.74, 6) is 0.624. The van der Waals surface area contributed by atoms with Crippen molar-refractivity contribution in [2.24, 2.45) is 0 Å². The molecular weight excluding hydrogens is 352 g/mol. The fourth-order valence-corrected chi connectivity index (χ4v) is 4.11. The highest BCUT2D eigenvalue weighted by Gasteiger charge is 2.25. The first-order valence-electron chi connectivity index (χ1n) is 8.20. The molecule has 2 N–H and O–H groups in total. The number of benzene rings is 1. The largest absolute Gasteiger partial charge is 0.359 e. The maximum Gasteiger partial charge on any atom is 0.256 e. The smallest absolute Gasteiger partial charge is 0.256 e. The Hall–Kier alpha value is -1.81. The van der Waals surface area contributed by atoms with Gasteiger partial charge < -0.3 is 10.3 Å². The maximum atomic E-state index is 12.3. The van der Waals surface area contributed by atoms with Crippen LogP contribution in [0.2, 0.25) is 0 Å². The van der Waals surface area contributed by atoms with Gasteiger partial charge in [0.1, 0.15) is 0 Å². The second-order valence-corrected chi connectivity index (χ2v) is 7.27. The molecule has 0 spiro atoms. The lowest BCUT2D eigenvalue weighted by Gasteiger charge is -2.20. The highest BCUT2D eigenvalue weighted by atomic mass is 79.9. The zero-order valence-electron chi connectivity index (χ0n) is 13.1. The van der Waals surface area contributed by atoms with Crippen molar-refractivity contribution in [1.82, 2.24) is 4.98 Å². The Balaban J connectivity index is 1.76. The van der Waals surface area contributed by atoms with Crippen molar-refractivity contribution in [3.8, 4) is 0 Å². The number of carbonyl (C=O) groups excluding carboxylic acids is 1. The number of fused-ring (bicyclic) bond motifs is 2. The molecule has 1 aromatic heterocycles. The van der Waals surface area contributed by atoms with E-state index in [9.17, 15) is 4.79 Å². The van der Waals surface area contributed by atoms with E-state index in [1.165, 1.54) is 30.5 Å². The summed E-state index contributed by atoms with van der Waals surface area (Å²) >= 11 is 3.49. The molecule has 4 heteroatoms. The number of aryl methyl sites for hydroxylation is 1. The van der Waals surface area contributed by atoms with Gasteiger partial charge in [0, 0.05) is 27.1 Å². The molecule has 2 aromatic rings. The van der Waals surface area contributed by atoms with Crippen LogP contribution < -0.4 is 5.32 Å². The van der Waals surface area contributed by atoms with Gasteiger partial charge in [0.15, 0.2) is 0 Å². The van der Waals surface area contributed by atoms with Crippen LogP contribution in [0.5, 0.6) is 0 Å². The molecule has 1 amide bonds. The van der Waals surface area contributed by atoms with Gasteiger partial charge in [-0.25, -0.2) is 0 Å². The second-order valence-electron chi connectivity index (χ2n) is 6.36. The van der Waals surface area contributed by atoms with Crippen LogP contribution in [0.25, 0.3) is 11.6 Å². The predicted octanol–water partition coefficient (Wildman–Crippen LogP) is 5.10. The number of hydrogen-bond acceptors (Lipinski definition) is 1. The Morgan fingerprint density at radius 2 is 2.22 bits per heavy atom. The van der Waals surface area contributed by atoms with E-state index in [4.69, 9.17) is 0 Å². The molecule has 2 heterocycles. The van der Waals surface area contributed by atoms with Crippen molar-refractivity contribution < 1.29 is 4.79 Å². The fraction of sp³-hybridized carbons (Fsp3) is 0.316. The molecule has 1 aliphatic carbocycles. The molecule has 0 saturated carbocycles. The van der Waals surface area contributed by atoms with E-state index in [-0.39, 0.29) is 5.91 Å². The van der Waals surface area contributed by atoms with Crippen LogP contribution in [-0.2, 0) is 11.2 Å². The molecule has 0 bridgehead atoms. The van der Waals surface area contributed by atoms with E-state index in [0.29, 0.717) is 5.92 Å². The van der Waals surface area contributed by atoms with Gasteiger partial charge in [-0.2, -0.15) is 0 Å². The third kappa shape index (κ3) is 2.55. The van der Waals surface area contributed by atoms with Crippen molar-refractivity contribution in [3.05, 3.63) is 51.3 Å². The third-order valence-corrected chi connectivity index (χ3v) is 5.42. The fourth-order valence-electron chi connectivity index (χ4n) is 3.75. The van der Waals surface area contributed by atoms with Crippen molar-refractivity contribution in [2.75, 3.05) is 5.32 Å². The molecule has 1 unspecified atom stereocenters. The molecule has 2 aliphatic rings. The van der Waals surface area contributed by atoms with E-state index >= 15 is 0 Å². The average Bonchev–Trinajstić information content (AvgIpc) is 3.09. The zero-order valence-corrected chi connectivity index (χ0v) is 14.7. The maximum absolute atomic E-state index is 12.3. The predicted molar refractivity (Wildman–Crippen MR) is 97.4 cm³/mol. The SMILES string of the molecule is CCC1CCCc2[nH]c(C=C3C(=O)Nc4ccc(Br)cc43)cc21. The van der Waals surface area contributed by atoms with Crippen LogP contribution >= 0.6 is 15.9 Å². The van der Waals surface area contributed by atoms with Crippen molar-refractivity contribution in [1.29, 1.82) is 0 Å². The van der Waals surface area contributed by atoms with Gasteiger partial charge in [0.2, 0.25) is 0 Å². The van der Waals surface area contributed by atoms with Crippen molar-refractivity contribution in [3.63, 3.8) is 0 Å². The molecule has 0 fully saturated rings. The number of aromatic nitrogens is 1. The van der Waals surface area contributed by atoms with Crippen LogP contribution in [0.15, 0.2) is 28.7 Å². The Morgan fingerprint density at radius 3 is 3.04 bits per heavy atom. The number of amides is 1. The lowest BCUT2D eigenvalue weighted by atomic mass is 9.85. The molecule has 118 valence electrons. The zero-order chi connectivity index (χ0) is 16.0. The summed E-state index contributed by atoms with van der Waals surface area (Å²) in [6.45, 7) is 2.25. The molecule has 4 rings (SSSR count). The standard InChI is InChI=1S/C19H19BrN2O/c1-2-11-4-3-5-17-14(11)9-13(21-17)10-16-15-8-12(20)6-7-18(15)22-19(16)23/h6-11,21H,2-5H2,1H3,(H,22,23). The van der Waals surface area contributed by atoms with Crippen LogP contribution in [0.4, 0.5) is 5.69 Å². The van der Waals surface area contributed by atoms with E-state index in [0.717, 1.165) is 33.4 Å². The summed E-state index contributed by atoms with van der Waals surface area (Å²) in [7, 11) is 0. The van der Waals surface area contributed by atoms with Gasteiger partial charge in [-0.15, -0.1) is 0 Å². The quantitative estimate of drug-likeness (QED) is 0.709. The Morgan fingerprint density at radius 1 is 1.35 bits per heavy atom. The number of H-pyrrole nitrogens is 1. The normalized spacial score (nSPS) is 21.2. The minimum atomic E-state index is -0.0299. The number of anilines is 1. The van der Waals surface area contributed by atoms with Gasteiger partial charge in [0.25, 0.3) is 5.91 Å². The Labute approximate surface area is 144 Å². The van der Waals surface area contributed by atoms with Crippen molar-refractivity contribution >= 4 is 39.2 Å². The van der Waals surface area contributed by atoms with Crippen molar-refractivity contribution in [2.45, 2.75) is 38.5 Å². The van der Waals surface area contributed by atoms with E-state index in [2.05, 4.69) is 39.2 Å². The molecule has 1 atom stereocenters. The third-order valence-electron chi connectivity index (χ3n) is 4.93. The van der Waals surface area contributed by atoms with Gasteiger partial charge >= 0.3 is 0 Å². The first kappa shape index (κ1) is 14.8. The van der Waals surface area contributed by atoms with E-state index < -0.39 is 0 Å². The van der Waals surface area contributed by atoms with Gasteiger partial charge in [-0.1, -0.05) is 22.9 Å². The molecular formula is C19H19BrN2O. The number of rotatable bonds is 2. The summed E-state index contributed by atoms with van der Waals surface area (Å²) in [6, 6.07) is 8.11. The first-order chi connectivity index (χ1) is 11.2. The van der Waals surface area contributed by atoms with E-state index in [1.54, 1.807) is 0 Å². The Bertz CT molecular complexity index is 819. The molecule has 0 radical (unpaired) electrons. The molecule has 23 heavy (non-hydrogen) atoms. The average molecular weight is 371 g/mol. The van der Waals surface area contributed by atoms with Crippen LogP contribution in [0.3, 0.4) is 0 Å². The van der Waals surface area contributed by atoms with E-state index in [1.807, 2.05) is 24.3 Å². The molecule has 1 aliphatic heterocycles. The number of nitrogens with one attached hydrogen (secondary N) is 2. The van der Waals surface area contributed by atoms with Crippen LogP contribution in [0, 0.1) is 0 Å². The lowest BCUT2D eigenvalue weighted by molar-refractivity contribution is -0.110. The first-order valence-corrected chi connectivity index (χ1v) is 8.99. The second kappa shape index (κ2) is 5.68. The van der Waals surface area contributed by atoms with Gasteiger partial charge in [-0.05, 0) is 67.5 Å². The molecule has 1 aromatic carbocycles. The summed E-state index contributed by atoms with van der Waals surface area (Å²) in [6.07, 6.45) is 6.80. The minimum Gasteiger partial charge on any atom is -0.359 e. The highest BCUT2D eigenvalue weighted by molar-refractivity contribution is 9.10. The van der Waals surface area contributed by atoms with Gasteiger partial charge in [0.05, 0.1) is 5.57 Å². The summed E-state index contributed by atoms with van der Waals surface area (Å²) in [4.78, 5) is 15.8. The molecule has 0 saturated heterocycles. The molecule has 3 nitrogen and oxygen atoms in total. The summed E-state index contributed by atoms with van der Waals surface area (Å²) in [5.41, 5.74) is 6.40. The minimum absolute atomic E-state index is 0.0299. The Kier molecular flexibility index (Phi) is 3.64. The number of carbonyl (C=O) groups is 1. The van der Waals surface area contributed by atoms with Gasteiger partial charge in [-0.3, -0.25) is 4.79 Å².